The van der Waals surface area contributed by atoms with Crippen LogP contribution in [0.1, 0.15) is 23.5 Å². The minimum absolute atomic E-state index is 0.0217. The molecule has 0 amide bonds. The van der Waals surface area contributed by atoms with Gasteiger partial charge in [-0.2, -0.15) is 0 Å². The van der Waals surface area contributed by atoms with Crippen molar-refractivity contribution < 1.29 is 4.74 Å². The van der Waals surface area contributed by atoms with Crippen LogP contribution >= 0.6 is 23.8 Å². The number of hydrogen-bond acceptors (Lipinski definition) is 3. The van der Waals surface area contributed by atoms with E-state index in [-0.39, 0.29) is 12.1 Å². The molecule has 0 aliphatic carbocycles. The molecule has 3 heterocycles. The molecule has 7 heteroatoms. The van der Waals surface area contributed by atoms with Crippen molar-refractivity contribution in [2.45, 2.75) is 12.1 Å². The van der Waals surface area contributed by atoms with Gasteiger partial charge in [0.25, 0.3) is 0 Å². The fourth-order valence-electron chi connectivity index (χ4n) is 3.65. The summed E-state index contributed by atoms with van der Waals surface area (Å²) in [6.45, 7) is 1.28. The molecule has 1 saturated heterocycles. The maximum Gasteiger partial charge on any atom is 0.170 e. The van der Waals surface area contributed by atoms with Gasteiger partial charge in [0.05, 0.1) is 24.4 Å². The lowest BCUT2D eigenvalue weighted by Gasteiger charge is -2.28. The van der Waals surface area contributed by atoms with Crippen LogP contribution in [0.4, 0.5) is 0 Å². The van der Waals surface area contributed by atoms with Gasteiger partial charge < -0.3 is 19.5 Å². The van der Waals surface area contributed by atoms with Crippen molar-refractivity contribution in [2.75, 3.05) is 20.3 Å². The minimum atomic E-state index is -0.0570. The number of pyridine rings is 1. The molecule has 0 spiro atoms. The molecule has 28 heavy (non-hydrogen) atoms. The van der Waals surface area contributed by atoms with E-state index in [2.05, 4.69) is 25.8 Å². The fraction of sp³-hybridized carbons (Fsp3) is 0.238. The van der Waals surface area contributed by atoms with Gasteiger partial charge in [0.15, 0.2) is 5.11 Å². The molecule has 1 aliphatic rings. The van der Waals surface area contributed by atoms with E-state index in [1.807, 2.05) is 60.9 Å². The lowest BCUT2D eigenvalue weighted by Crippen LogP contribution is -2.33. The van der Waals surface area contributed by atoms with Crippen molar-refractivity contribution in [3.8, 4) is 5.69 Å². The third-order valence-electron chi connectivity index (χ3n) is 4.90. The molecular weight excluding hydrogens is 392 g/mol. The van der Waals surface area contributed by atoms with E-state index in [1.54, 1.807) is 7.11 Å². The zero-order valence-electron chi connectivity index (χ0n) is 15.5. The average Bonchev–Trinajstić information content (AvgIpc) is 3.31. The monoisotopic (exact) mass is 412 g/mol. The van der Waals surface area contributed by atoms with E-state index in [9.17, 15) is 0 Å². The van der Waals surface area contributed by atoms with Crippen molar-refractivity contribution in [2.24, 2.45) is 0 Å². The van der Waals surface area contributed by atoms with Gasteiger partial charge in [-0.05, 0) is 54.7 Å². The number of nitrogens with one attached hydrogen (secondary N) is 1. The Kier molecular flexibility index (Phi) is 5.62. The van der Waals surface area contributed by atoms with E-state index in [0.717, 1.165) is 17.1 Å². The van der Waals surface area contributed by atoms with Crippen molar-refractivity contribution in [1.29, 1.82) is 0 Å². The van der Waals surface area contributed by atoms with E-state index in [0.29, 0.717) is 23.3 Å². The number of halogens is 1. The highest BCUT2D eigenvalue weighted by Crippen LogP contribution is 2.39. The van der Waals surface area contributed by atoms with Crippen LogP contribution in [-0.4, -0.2) is 39.8 Å². The summed E-state index contributed by atoms with van der Waals surface area (Å²) in [5.74, 6) is 0. The Hall–Kier alpha value is -2.41. The van der Waals surface area contributed by atoms with Gasteiger partial charge in [-0.3, -0.25) is 4.98 Å². The molecule has 0 radical (unpaired) electrons. The Labute approximate surface area is 174 Å². The van der Waals surface area contributed by atoms with E-state index >= 15 is 0 Å². The first kappa shape index (κ1) is 18.9. The third-order valence-corrected chi connectivity index (χ3v) is 5.49. The maximum absolute atomic E-state index is 6.24. The Morgan fingerprint density at radius 2 is 2.07 bits per heavy atom. The lowest BCUT2D eigenvalue weighted by atomic mass is 10.0. The second-order valence-electron chi connectivity index (χ2n) is 6.60. The van der Waals surface area contributed by atoms with Gasteiger partial charge >= 0.3 is 0 Å². The van der Waals surface area contributed by atoms with Gasteiger partial charge in [0, 0.05) is 42.5 Å². The first-order chi connectivity index (χ1) is 13.7. The summed E-state index contributed by atoms with van der Waals surface area (Å²) in [4.78, 5) is 6.75. The summed E-state index contributed by atoms with van der Waals surface area (Å²) in [7, 11) is 1.70. The van der Waals surface area contributed by atoms with Gasteiger partial charge in [0.2, 0.25) is 0 Å². The summed E-state index contributed by atoms with van der Waals surface area (Å²) in [5.41, 5.74) is 3.08. The average molecular weight is 413 g/mol. The maximum atomic E-state index is 6.24. The molecule has 3 aromatic rings. The summed E-state index contributed by atoms with van der Waals surface area (Å²) < 4.78 is 7.48. The number of nitrogens with zero attached hydrogens (tertiary/aromatic N) is 3. The zero-order chi connectivity index (χ0) is 19.5. The highest BCUT2D eigenvalue weighted by atomic mass is 35.5. The second kappa shape index (κ2) is 8.31. The van der Waals surface area contributed by atoms with Crippen molar-refractivity contribution in [3.63, 3.8) is 0 Å². The van der Waals surface area contributed by atoms with Crippen LogP contribution in [0, 0.1) is 0 Å². The first-order valence-corrected chi connectivity index (χ1v) is 9.88. The Morgan fingerprint density at radius 3 is 2.82 bits per heavy atom. The largest absolute Gasteiger partial charge is 0.383 e. The van der Waals surface area contributed by atoms with Crippen LogP contribution in [0.2, 0.25) is 5.02 Å². The predicted molar refractivity (Wildman–Crippen MR) is 115 cm³/mol. The number of rotatable bonds is 6. The van der Waals surface area contributed by atoms with Gasteiger partial charge in [0.1, 0.15) is 0 Å². The molecule has 2 atom stereocenters. The van der Waals surface area contributed by atoms with Crippen LogP contribution in [0.25, 0.3) is 5.69 Å². The molecule has 0 bridgehead atoms. The normalized spacial score (nSPS) is 19.1. The smallest absolute Gasteiger partial charge is 0.170 e. The minimum Gasteiger partial charge on any atom is -0.383 e. The SMILES string of the molecule is COCCN1C(=S)N[C@@H](c2ccccn2)[C@H]1c1cccn1-c1cccc(Cl)c1. The Bertz CT molecular complexity index is 962. The quantitative estimate of drug-likeness (QED) is 0.616. The number of methoxy groups -OCH3 is 1. The van der Waals surface area contributed by atoms with Gasteiger partial charge in [-0.1, -0.05) is 23.7 Å². The summed E-state index contributed by atoms with van der Waals surface area (Å²) in [6.07, 6.45) is 3.86. The second-order valence-corrected chi connectivity index (χ2v) is 7.42. The first-order valence-electron chi connectivity index (χ1n) is 9.09. The lowest BCUT2D eigenvalue weighted by molar-refractivity contribution is 0.163. The molecule has 144 valence electrons. The highest BCUT2D eigenvalue weighted by Gasteiger charge is 2.41. The van der Waals surface area contributed by atoms with Gasteiger partial charge in [-0.15, -0.1) is 0 Å². The molecule has 5 nitrogen and oxygen atoms in total. The standard InChI is InChI=1S/C21H21ClN4OS/c1-27-13-12-26-20(19(24-21(26)28)17-8-2-3-10-23-17)18-9-5-11-25(18)16-7-4-6-15(22)14-16/h2-11,14,19-20H,12-13H2,1H3,(H,24,28)/t19-,20+/m0/s1. The summed E-state index contributed by atoms with van der Waals surface area (Å²) in [5, 5.41) is 4.87. The van der Waals surface area contributed by atoms with E-state index < -0.39 is 0 Å². The number of hydrogen-bond donors (Lipinski definition) is 1. The summed E-state index contributed by atoms with van der Waals surface area (Å²) >= 11 is 11.9. The molecule has 2 aromatic heterocycles. The van der Waals surface area contributed by atoms with Crippen LogP contribution in [0.3, 0.4) is 0 Å². The molecule has 0 saturated carbocycles. The number of benzene rings is 1. The van der Waals surface area contributed by atoms with Crippen LogP contribution < -0.4 is 5.32 Å². The Balaban J connectivity index is 1.79. The molecule has 1 aliphatic heterocycles. The molecule has 1 aromatic carbocycles. The molecule has 0 unspecified atom stereocenters. The molecule has 1 fully saturated rings. The summed E-state index contributed by atoms with van der Waals surface area (Å²) in [6, 6.07) is 17.9. The van der Waals surface area contributed by atoms with E-state index in [1.165, 1.54) is 0 Å². The Morgan fingerprint density at radius 1 is 1.18 bits per heavy atom. The van der Waals surface area contributed by atoms with Crippen molar-refractivity contribution in [1.82, 2.24) is 19.8 Å². The van der Waals surface area contributed by atoms with Crippen LogP contribution in [-0.2, 0) is 4.74 Å². The van der Waals surface area contributed by atoms with Crippen molar-refractivity contribution >= 4 is 28.9 Å². The van der Waals surface area contributed by atoms with E-state index in [4.69, 9.17) is 28.6 Å². The fourth-order valence-corrected chi connectivity index (χ4v) is 4.17. The third kappa shape index (κ3) is 3.63. The number of ether oxygens (including phenoxy) is 1. The van der Waals surface area contributed by atoms with Crippen molar-refractivity contribution in [3.05, 3.63) is 83.4 Å². The number of thiocarbonyl (C=S) groups is 1. The molecule has 1 N–H and O–H groups in total. The topological polar surface area (TPSA) is 42.3 Å². The molecule has 4 rings (SSSR count). The number of aromatic nitrogens is 2. The van der Waals surface area contributed by atoms with Gasteiger partial charge in [-0.25, -0.2) is 0 Å². The molecular formula is C21H21ClN4OS. The highest BCUT2D eigenvalue weighted by molar-refractivity contribution is 7.80. The predicted octanol–water partition coefficient (Wildman–Crippen LogP) is 4.14. The van der Waals surface area contributed by atoms with Crippen LogP contribution in [0.15, 0.2) is 67.0 Å². The van der Waals surface area contributed by atoms with Crippen LogP contribution in [0.5, 0.6) is 0 Å². The zero-order valence-corrected chi connectivity index (χ0v) is 17.0.